The maximum absolute atomic E-state index is 12.3. The summed E-state index contributed by atoms with van der Waals surface area (Å²) >= 11 is 1.32. The SMILES string of the molecule is CCc1ccc(NC(=O)[C@@H](C)Sc2nnc(C3CC3)n2N)cc1. The Hall–Kier alpha value is -2.02. The monoisotopic (exact) mass is 331 g/mol. The number of amides is 1. The number of thioether (sulfide) groups is 1. The summed E-state index contributed by atoms with van der Waals surface area (Å²) in [5.41, 5.74) is 2.04. The number of aromatic nitrogens is 3. The van der Waals surface area contributed by atoms with Gasteiger partial charge in [-0.2, -0.15) is 0 Å². The average molecular weight is 331 g/mol. The van der Waals surface area contributed by atoms with Crippen LogP contribution in [-0.4, -0.2) is 26.0 Å². The van der Waals surface area contributed by atoms with E-state index < -0.39 is 0 Å². The fraction of sp³-hybridized carbons (Fsp3) is 0.438. The Morgan fingerprint density at radius 3 is 2.70 bits per heavy atom. The molecule has 1 amide bonds. The molecule has 7 heteroatoms. The van der Waals surface area contributed by atoms with Crippen molar-refractivity contribution in [3.8, 4) is 0 Å². The van der Waals surface area contributed by atoms with Gasteiger partial charge < -0.3 is 11.2 Å². The minimum Gasteiger partial charge on any atom is -0.336 e. The van der Waals surface area contributed by atoms with Crippen molar-refractivity contribution in [3.63, 3.8) is 0 Å². The molecule has 0 bridgehead atoms. The molecule has 6 nitrogen and oxygen atoms in total. The number of nitrogens with one attached hydrogen (secondary N) is 1. The third-order valence-corrected chi connectivity index (χ3v) is 4.97. The summed E-state index contributed by atoms with van der Waals surface area (Å²) in [7, 11) is 0. The maximum atomic E-state index is 12.3. The molecule has 1 fully saturated rings. The van der Waals surface area contributed by atoms with Crippen molar-refractivity contribution >= 4 is 23.4 Å². The van der Waals surface area contributed by atoms with Crippen molar-refractivity contribution < 1.29 is 4.79 Å². The summed E-state index contributed by atoms with van der Waals surface area (Å²) in [4.78, 5) is 12.3. The Labute approximate surface area is 139 Å². The first kappa shape index (κ1) is 15.9. The lowest BCUT2D eigenvalue weighted by atomic mass is 10.1. The number of hydrogen-bond acceptors (Lipinski definition) is 5. The molecule has 122 valence electrons. The number of benzene rings is 1. The van der Waals surface area contributed by atoms with Crippen LogP contribution < -0.4 is 11.2 Å². The Kier molecular flexibility index (Phi) is 4.56. The van der Waals surface area contributed by atoms with E-state index in [1.807, 2.05) is 31.2 Å². The van der Waals surface area contributed by atoms with Gasteiger partial charge >= 0.3 is 0 Å². The van der Waals surface area contributed by atoms with Gasteiger partial charge in [-0.15, -0.1) is 10.2 Å². The van der Waals surface area contributed by atoms with Gasteiger partial charge in [-0.05, 0) is 43.9 Å². The number of anilines is 1. The van der Waals surface area contributed by atoms with Crippen LogP contribution in [0.25, 0.3) is 0 Å². The minimum atomic E-state index is -0.306. The van der Waals surface area contributed by atoms with Crippen molar-refractivity contribution in [1.82, 2.24) is 14.9 Å². The van der Waals surface area contributed by atoms with Crippen LogP contribution in [0.15, 0.2) is 29.4 Å². The van der Waals surface area contributed by atoms with Gasteiger partial charge in [-0.25, -0.2) is 4.68 Å². The van der Waals surface area contributed by atoms with Gasteiger partial charge in [-0.3, -0.25) is 4.79 Å². The quantitative estimate of drug-likeness (QED) is 0.627. The van der Waals surface area contributed by atoms with Gasteiger partial charge in [0, 0.05) is 11.6 Å². The molecule has 1 aliphatic rings. The number of carbonyl (C=O) groups is 1. The number of nitrogens with zero attached hydrogens (tertiary/aromatic N) is 3. The van der Waals surface area contributed by atoms with Crippen molar-refractivity contribution in [2.24, 2.45) is 0 Å². The molecule has 1 atom stereocenters. The topological polar surface area (TPSA) is 85.8 Å². The Bertz CT molecular complexity index is 693. The maximum Gasteiger partial charge on any atom is 0.237 e. The third kappa shape index (κ3) is 3.67. The molecule has 0 aliphatic heterocycles. The molecule has 1 saturated carbocycles. The molecule has 3 N–H and O–H groups in total. The van der Waals surface area contributed by atoms with E-state index >= 15 is 0 Å². The van der Waals surface area contributed by atoms with E-state index in [-0.39, 0.29) is 11.2 Å². The predicted octanol–water partition coefficient (Wildman–Crippen LogP) is 2.55. The summed E-state index contributed by atoms with van der Waals surface area (Å²) in [6, 6.07) is 7.88. The molecule has 1 aliphatic carbocycles. The highest BCUT2D eigenvalue weighted by atomic mass is 32.2. The molecule has 1 heterocycles. The molecular formula is C16H21N5OS. The van der Waals surface area contributed by atoms with Crippen LogP contribution in [0.3, 0.4) is 0 Å². The molecular weight excluding hydrogens is 310 g/mol. The Balaban J connectivity index is 1.60. The van der Waals surface area contributed by atoms with Crippen molar-refractivity contribution in [3.05, 3.63) is 35.7 Å². The van der Waals surface area contributed by atoms with E-state index in [2.05, 4.69) is 22.4 Å². The molecule has 0 saturated heterocycles. The first-order valence-electron chi connectivity index (χ1n) is 7.85. The Morgan fingerprint density at radius 2 is 2.09 bits per heavy atom. The molecule has 23 heavy (non-hydrogen) atoms. The zero-order chi connectivity index (χ0) is 16.4. The van der Waals surface area contributed by atoms with Gasteiger partial charge in [-0.1, -0.05) is 30.8 Å². The molecule has 1 aromatic carbocycles. The number of hydrogen-bond donors (Lipinski definition) is 2. The lowest BCUT2D eigenvalue weighted by Crippen LogP contribution is -2.23. The highest BCUT2D eigenvalue weighted by Gasteiger charge is 2.30. The van der Waals surface area contributed by atoms with Gasteiger partial charge in [0.05, 0.1) is 5.25 Å². The van der Waals surface area contributed by atoms with Crippen LogP contribution in [0.4, 0.5) is 5.69 Å². The summed E-state index contributed by atoms with van der Waals surface area (Å²) in [5, 5.41) is 11.4. The standard InChI is InChI=1S/C16H21N5OS/c1-3-11-4-8-13(9-5-11)18-15(22)10(2)23-16-20-19-14(21(16)17)12-6-7-12/h4-5,8-10,12H,3,6-7,17H2,1-2H3,(H,18,22)/t10-/m1/s1. The highest BCUT2D eigenvalue weighted by molar-refractivity contribution is 8.00. The second kappa shape index (κ2) is 6.62. The fourth-order valence-corrected chi connectivity index (χ4v) is 3.05. The van der Waals surface area contributed by atoms with E-state index in [0.717, 1.165) is 30.8 Å². The second-order valence-corrected chi connectivity index (χ2v) is 7.09. The number of rotatable bonds is 6. The van der Waals surface area contributed by atoms with Crippen LogP contribution in [0, 0.1) is 0 Å². The first-order chi connectivity index (χ1) is 11.1. The van der Waals surface area contributed by atoms with Crippen LogP contribution in [0.5, 0.6) is 0 Å². The molecule has 1 aromatic heterocycles. The number of nitrogens with two attached hydrogens (primary N) is 1. The minimum absolute atomic E-state index is 0.0739. The smallest absolute Gasteiger partial charge is 0.237 e. The summed E-state index contributed by atoms with van der Waals surface area (Å²) in [5.74, 6) is 7.19. The average Bonchev–Trinajstić information content (AvgIpc) is 3.33. The highest BCUT2D eigenvalue weighted by Crippen LogP contribution is 2.39. The van der Waals surface area contributed by atoms with E-state index in [1.165, 1.54) is 22.0 Å². The fourth-order valence-electron chi connectivity index (χ4n) is 2.27. The second-order valence-electron chi connectivity index (χ2n) is 5.78. The number of nitrogen functional groups attached to an aromatic ring is 1. The van der Waals surface area contributed by atoms with E-state index in [0.29, 0.717) is 11.1 Å². The van der Waals surface area contributed by atoms with E-state index in [4.69, 9.17) is 5.84 Å². The van der Waals surface area contributed by atoms with Gasteiger partial charge in [0.25, 0.3) is 0 Å². The van der Waals surface area contributed by atoms with Crippen molar-refractivity contribution in [1.29, 1.82) is 0 Å². The summed E-state index contributed by atoms with van der Waals surface area (Å²) in [6.07, 6.45) is 3.21. The Morgan fingerprint density at radius 1 is 1.39 bits per heavy atom. The number of aryl methyl sites for hydroxylation is 1. The zero-order valence-electron chi connectivity index (χ0n) is 13.3. The molecule has 0 spiro atoms. The van der Waals surface area contributed by atoms with E-state index in [1.54, 1.807) is 0 Å². The molecule has 2 aromatic rings. The molecule has 3 rings (SSSR count). The molecule has 0 radical (unpaired) electrons. The predicted molar refractivity (Wildman–Crippen MR) is 91.9 cm³/mol. The van der Waals surface area contributed by atoms with Crippen LogP contribution in [0.1, 0.15) is 44.0 Å². The van der Waals surface area contributed by atoms with Gasteiger partial charge in [0.1, 0.15) is 0 Å². The lowest BCUT2D eigenvalue weighted by Gasteiger charge is -2.12. The van der Waals surface area contributed by atoms with Gasteiger partial charge in [0.2, 0.25) is 11.1 Å². The normalized spacial score (nSPS) is 15.4. The van der Waals surface area contributed by atoms with Crippen LogP contribution in [0.2, 0.25) is 0 Å². The third-order valence-electron chi connectivity index (χ3n) is 3.91. The summed E-state index contributed by atoms with van der Waals surface area (Å²) in [6.45, 7) is 3.94. The van der Waals surface area contributed by atoms with Crippen molar-refractivity contribution in [2.75, 3.05) is 11.2 Å². The zero-order valence-corrected chi connectivity index (χ0v) is 14.1. The number of carbonyl (C=O) groups excluding carboxylic acids is 1. The summed E-state index contributed by atoms with van der Waals surface area (Å²) < 4.78 is 1.52. The molecule has 0 unspecified atom stereocenters. The van der Waals surface area contributed by atoms with Crippen LogP contribution in [-0.2, 0) is 11.2 Å². The first-order valence-corrected chi connectivity index (χ1v) is 8.73. The van der Waals surface area contributed by atoms with Crippen molar-refractivity contribution in [2.45, 2.75) is 49.4 Å². The largest absolute Gasteiger partial charge is 0.336 e. The lowest BCUT2D eigenvalue weighted by molar-refractivity contribution is -0.115. The van der Waals surface area contributed by atoms with Gasteiger partial charge in [0.15, 0.2) is 5.82 Å². The van der Waals surface area contributed by atoms with Crippen LogP contribution >= 0.6 is 11.8 Å². The van der Waals surface area contributed by atoms with E-state index in [9.17, 15) is 4.79 Å².